The maximum atomic E-state index is 11.8. The monoisotopic (exact) mass is 327 g/mol. The molecule has 21 heavy (non-hydrogen) atoms. The van der Waals surface area contributed by atoms with E-state index in [1.54, 1.807) is 24.3 Å². The first-order valence-electron chi connectivity index (χ1n) is 5.87. The number of rotatable bonds is 4. The van der Waals surface area contributed by atoms with E-state index in [9.17, 15) is 9.59 Å². The molecule has 0 aliphatic heterocycles. The molecule has 0 saturated carbocycles. The van der Waals surface area contributed by atoms with E-state index in [1.807, 2.05) is 0 Å². The molecule has 2 N–H and O–H groups in total. The molecule has 7 nitrogen and oxygen atoms in total. The van der Waals surface area contributed by atoms with Crippen molar-refractivity contribution in [3.05, 3.63) is 34.8 Å². The fourth-order valence-electron chi connectivity index (χ4n) is 1.57. The van der Waals surface area contributed by atoms with Crippen LogP contribution in [-0.4, -0.2) is 26.6 Å². The maximum Gasteiger partial charge on any atom is 0.246 e. The fraction of sp³-hybridized carbons (Fsp3) is 0.167. The summed E-state index contributed by atoms with van der Waals surface area (Å²) in [6.45, 7) is 1.31. The van der Waals surface area contributed by atoms with E-state index in [1.165, 1.54) is 11.6 Å². The minimum Gasteiger partial charge on any atom is -0.326 e. The van der Waals surface area contributed by atoms with Crippen LogP contribution in [0.15, 0.2) is 24.3 Å². The number of anilines is 2. The molecule has 0 aliphatic carbocycles. The molecular weight excluding hydrogens is 317 g/mol. The lowest BCUT2D eigenvalue weighted by Crippen LogP contribution is -2.19. The second-order valence-corrected chi connectivity index (χ2v) is 4.79. The number of nitrogens with zero attached hydrogens (tertiary/aromatic N) is 3. The predicted molar refractivity (Wildman–Crippen MR) is 79.4 cm³/mol. The first-order valence-corrected chi connectivity index (χ1v) is 6.63. The average molecular weight is 328 g/mol. The summed E-state index contributed by atoms with van der Waals surface area (Å²) in [6.07, 6.45) is 0. The molecule has 2 amide bonds. The van der Waals surface area contributed by atoms with E-state index >= 15 is 0 Å². The standard InChI is InChI=1S/C12H11Cl2N5O2/c1-7(20)15-8-2-4-9(5-3-8)16-10(21)6-19-12(14)17-11(13)18-19/h2-5H,6H2,1H3,(H,15,20)(H,16,21). The van der Waals surface area contributed by atoms with Crippen molar-refractivity contribution in [1.82, 2.24) is 14.8 Å². The van der Waals surface area contributed by atoms with Gasteiger partial charge in [-0.25, -0.2) is 4.68 Å². The Morgan fingerprint density at radius 2 is 1.71 bits per heavy atom. The van der Waals surface area contributed by atoms with E-state index in [4.69, 9.17) is 23.2 Å². The summed E-state index contributed by atoms with van der Waals surface area (Å²) in [5.74, 6) is -0.491. The van der Waals surface area contributed by atoms with Crippen molar-refractivity contribution in [2.45, 2.75) is 13.5 Å². The second kappa shape index (κ2) is 6.55. The summed E-state index contributed by atoms with van der Waals surface area (Å²) in [4.78, 5) is 26.4. The van der Waals surface area contributed by atoms with Gasteiger partial charge in [0.15, 0.2) is 0 Å². The molecule has 0 bridgehead atoms. The molecule has 0 aliphatic rings. The highest BCUT2D eigenvalue weighted by Crippen LogP contribution is 2.14. The zero-order valence-electron chi connectivity index (χ0n) is 10.9. The number of aromatic nitrogens is 3. The van der Waals surface area contributed by atoms with Gasteiger partial charge in [0.2, 0.25) is 22.4 Å². The smallest absolute Gasteiger partial charge is 0.246 e. The molecule has 9 heteroatoms. The van der Waals surface area contributed by atoms with Gasteiger partial charge in [-0.1, -0.05) is 0 Å². The van der Waals surface area contributed by atoms with Crippen LogP contribution >= 0.6 is 23.2 Å². The van der Waals surface area contributed by atoms with Gasteiger partial charge in [0, 0.05) is 18.3 Å². The Balaban J connectivity index is 1.96. The third-order valence-electron chi connectivity index (χ3n) is 2.38. The zero-order chi connectivity index (χ0) is 15.4. The van der Waals surface area contributed by atoms with Gasteiger partial charge < -0.3 is 10.6 Å². The van der Waals surface area contributed by atoms with Crippen LogP contribution in [0.2, 0.25) is 10.6 Å². The Labute approximate surface area is 130 Å². The number of amides is 2. The highest BCUT2D eigenvalue weighted by molar-refractivity contribution is 6.31. The van der Waals surface area contributed by atoms with E-state index in [-0.39, 0.29) is 28.9 Å². The Morgan fingerprint density at radius 1 is 1.14 bits per heavy atom. The van der Waals surface area contributed by atoms with Crippen LogP contribution < -0.4 is 10.6 Å². The van der Waals surface area contributed by atoms with Gasteiger partial charge >= 0.3 is 0 Å². The topological polar surface area (TPSA) is 88.9 Å². The van der Waals surface area contributed by atoms with Gasteiger partial charge in [-0.2, -0.15) is 4.98 Å². The summed E-state index contributed by atoms with van der Waals surface area (Å²) >= 11 is 11.3. The molecule has 2 aromatic rings. The maximum absolute atomic E-state index is 11.8. The number of carbonyl (C=O) groups excluding carboxylic acids is 2. The summed E-state index contributed by atoms with van der Waals surface area (Å²) in [5.41, 5.74) is 1.23. The highest BCUT2D eigenvalue weighted by atomic mass is 35.5. The summed E-state index contributed by atoms with van der Waals surface area (Å²) in [7, 11) is 0. The van der Waals surface area contributed by atoms with Crippen molar-refractivity contribution in [2.24, 2.45) is 0 Å². The molecule has 1 aromatic carbocycles. The Morgan fingerprint density at radius 3 is 2.19 bits per heavy atom. The molecule has 0 spiro atoms. The first kappa shape index (κ1) is 15.3. The normalized spacial score (nSPS) is 10.2. The van der Waals surface area contributed by atoms with E-state index < -0.39 is 0 Å². The molecule has 1 aromatic heterocycles. The minimum atomic E-state index is -0.328. The van der Waals surface area contributed by atoms with Crippen LogP contribution in [0.4, 0.5) is 11.4 Å². The second-order valence-electron chi connectivity index (χ2n) is 4.11. The van der Waals surface area contributed by atoms with Gasteiger partial charge in [0.25, 0.3) is 0 Å². The van der Waals surface area contributed by atoms with Crippen molar-refractivity contribution in [3.63, 3.8) is 0 Å². The summed E-state index contributed by atoms with van der Waals surface area (Å²) in [6, 6.07) is 6.69. The van der Waals surface area contributed by atoms with Crippen LogP contribution in [0, 0.1) is 0 Å². The molecule has 0 unspecified atom stereocenters. The lowest BCUT2D eigenvalue weighted by Gasteiger charge is -2.07. The number of carbonyl (C=O) groups is 2. The number of nitrogens with one attached hydrogen (secondary N) is 2. The lowest BCUT2D eigenvalue weighted by molar-refractivity contribution is -0.117. The van der Waals surface area contributed by atoms with Crippen molar-refractivity contribution in [2.75, 3.05) is 10.6 Å². The average Bonchev–Trinajstić information content (AvgIpc) is 2.69. The van der Waals surface area contributed by atoms with Crippen molar-refractivity contribution < 1.29 is 9.59 Å². The minimum absolute atomic E-state index is 0.0209. The Bertz CT molecular complexity index is 669. The molecule has 0 fully saturated rings. The highest BCUT2D eigenvalue weighted by Gasteiger charge is 2.10. The van der Waals surface area contributed by atoms with Crippen molar-refractivity contribution >= 4 is 46.4 Å². The van der Waals surface area contributed by atoms with E-state index in [2.05, 4.69) is 20.7 Å². The Hall–Kier alpha value is -2.12. The van der Waals surface area contributed by atoms with Crippen molar-refractivity contribution in [1.29, 1.82) is 0 Å². The van der Waals surface area contributed by atoms with Gasteiger partial charge in [0.1, 0.15) is 6.54 Å². The Kier molecular flexibility index (Phi) is 4.77. The third kappa shape index (κ3) is 4.44. The number of hydrogen-bond donors (Lipinski definition) is 2. The van der Waals surface area contributed by atoms with E-state index in [0.717, 1.165) is 0 Å². The van der Waals surface area contributed by atoms with Crippen LogP contribution in [0.25, 0.3) is 0 Å². The van der Waals surface area contributed by atoms with E-state index in [0.29, 0.717) is 11.4 Å². The molecule has 0 atom stereocenters. The molecule has 0 radical (unpaired) electrons. The van der Waals surface area contributed by atoms with Crippen LogP contribution in [-0.2, 0) is 16.1 Å². The largest absolute Gasteiger partial charge is 0.326 e. The number of benzene rings is 1. The fourth-order valence-corrected chi connectivity index (χ4v) is 1.97. The summed E-state index contributed by atoms with van der Waals surface area (Å²) < 4.78 is 1.19. The molecular formula is C12H11Cl2N5O2. The van der Waals surface area contributed by atoms with Crippen LogP contribution in [0.5, 0.6) is 0 Å². The van der Waals surface area contributed by atoms with Gasteiger partial charge in [-0.15, -0.1) is 5.10 Å². The molecule has 0 saturated heterocycles. The molecule has 1 heterocycles. The van der Waals surface area contributed by atoms with Gasteiger partial charge in [-0.05, 0) is 47.5 Å². The quantitative estimate of drug-likeness (QED) is 0.900. The number of hydrogen-bond acceptors (Lipinski definition) is 4. The SMILES string of the molecule is CC(=O)Nc1ccc(NC(=O)Cn2nc(Cl)nc2Cl)cc1. The first-order chi connectivity index (χ1) is 9.94. The zero-order valence-corrected chi connectivity index (χ0v) is 12.4. The van der Waals surface area contributed by atoms with Gasteiger partial charge in [0.05, 0.1) is 0 Å². The predicted octanol–water partition coefficient (Wildman–Crippen LogP) is 2.18. The molecule has 110 valence electrons. The van der Waals surface area contributed by atoms with Crippen molar-refractivity contribution in [3.8, 4) is 0 Å². The van der Waals surface area contributed by atoms with Crippen LogP contribution in [0.1, 0.15) is 6.92 Å². The van der Waals surface area contributed by atoms with Crippen LogP contribution in [0.3, 0.4) is 0 Å². The third-order valence-corrected chi connectivity index (χ3v) is 2.82. The number of halogens is 2. The lowest BCUT2D eigenvalue weighted by atomic mass is 10.2. The molecule has 2 rings (SSSR count). The summed E-state index contributed by atoms with van der Waals surface area (Å²) in [5, 5.41) is 9.08. The van der Waals surface area contributed by atoms with Gasteiger partial charge in [-0.3, -0.25) is 9.59 Å².